The minimum atomic E-state index is -0.544. The second-order valence-electron chi connectivity index (χ2n) is 10.9. The van der Waals surface area contributed by atoms with Gasteiger partial charge in [0.25, 0.3) is 5.91 Å². The maximum absolute atomic E-state index is 13.2. The van der Waals surface area contributed by atoms with E-state index in [4.69, 9.17) is 16.6 Å². The van der Waals surface area contributed by atoms with Gasteiger partial charge in [-0.05, 0) is 71.9 Å². The second kappa shape index (κ2) is 11.2. The monoisotopic (exact) mass is 527 g/mol. The van der Waals surface area contributed by atoms with E-state index in [0.717, 1.165) is 31.6 Å². The molecule has 0 bridgehead atoms. The van der Waals surface area contributed by atoms with E-state index >= 15 is 0 Å². The number of halogens is 1. The lowest BCUT2D eigenvalue weighted by Crippen LogP contribution is -2.45. The molecule has 1 fully saturated rings. The van der Waals surface area contributed by atoms with E-state index in [1.807, 2.05) is 27.9 Å². The molecule has 1 aromatic carbocycles. The zero-order valence-corrected chi connectivity index (χ0v) is 23.2. The van der Waals surface area contributed by atoms with Gasteiger partial charge in [0.15, 0.2) is 5.82 Å². The fourth-order valence-corrected chi connectivity index (χ4v) is 5.33. The van der Waals surface area contributed by atoms with Gasteiger partial charge >= 0.3 is 0 Å². The summed E-state index contributed by atoms with van der Waals surface area (Å²) < 4.78 is 0. The van der Waals surface area contributed by atoms with Gasteiger partial charge in [0.05, 0.1) is 22.3 Å². The van der Waals surface area contributed by atoms with Crippen LogP contribution in [-0.4, -0.2) is 73.5 Å². The van der Waals surface area contributed by atoms with E-state index in [9.17, 15) is 9.59 Å². The molecule has 2 amide bonds. The Hall–Kier alpha value is -2.91. The van der Waals surface area contributed by atoms with Gasteiger partial charge in [0.2, 0.25) is 11.9 Å². The molecule has 0 saturated heterocycles. The molecule has 2 heterocycles. The number of nitrogens with one attached hydrogen (secondary N) is 2. The Morgan fingerprint density at radius 3 is 2.65 bits per heavy atom. The number of amides is 2. The van der Waals surface area contributed by atoms with Crippen LogP contribution < -0.4 is 20.4 Å². The molecule has 10 heteroatoms. The van der Waals surface area contributed by atoms with E-state index in [2.05, 4.69) is 25.4 Å². The molecule has 37 heavy (non-hydrogen) atoms. The van der Waals surface area contributed by atoms with Gasteiger partial charge in [-0.3, -0.25) is 9.59 Å². The SMILES string of the molecule is CN(C)CCCNC(=O)c1ccc(Nc2ncc3c(n2)N(C2CCCC2)CC(C)(C)C(=O)N3C)c(Cl)c1. The Kier molecular flexibility index (Phi) is 8.23. The van der Waals surface area contributed by atoms with E-state index < -0.39 is 5.41 Å². The number of aromatic nitrogens is 2. The number of rotatable bonds is 8. The highest BCUT2D eigenvalue weighted by molar-refractivity contribution is 6.33. The van der Waals surface area contributed by atoms with Crippen LogP contribution in [0.1, 0.15) is 56.3 Å². The topological polar surface area (TPSA) is 93.7 Å². The first-order chi connectivity index (χ1) is 17.6. The number of hydrogen-bond acceptors (Lipinski definition) is 7. The number of nitrogens with zero attached hydrogens (tertiary/aromatic N) is 5. The van der Waals surface area contributed by atoms with Crippen LogP contribution in [-0.2, 0) is 4.79 Å². The molecule has 2 aromatic rings. The fraction of sp³-hybridized carbons (Fsp3) is 0.556. The van der Waals surface area contributed by atoms with E-state index in [1.165, 1.54) is 12.8 Å². The van der Waals surface area contributed by atoms with Gasteiger partial charge in [-0.1, -0.05) is 24.4 Å². The number of carbonyl (C=O) groups excluding carboxylic acids is 2. The van der Waals surface area contributed by atoms with Crippen molar-refractivity contribution in [2.24, 2.45) is 5.41 Å². The van der Waals surface area contributed by atoms with Crippen molar-refractivity contribution in [3.8, 4) is 0 Å². The zero-order chi connectivity index (χ0) is 26.7. The number of benzene rings is 1. The van der Waals surface area contributed by atoms with Crippen molar-refractivity contribution in [3.05, 3.63) is 35.0 Å². The van der Waals surface area contributed by atoms with Crippen LogP contribution in [0.4, 0.5) is 23.1 Å². The normalized spacial score (nSPS) is 17.6. The van der Waals surface area contributed by atoms with Crippen molar-refractivity contribution in [1.82, 2.24) is 20.2 Å². The molecule has 2 aliphatic rings. The van der Waals surface area contributed by atoms with Crippen molar-refractivity contribution >= 4 is 46.6 Å². The van der Waals surface area contributed by atoms with Gasteiger partial charge in [0.1, 0.15) is 5.69 Å². The summed E-state index contributed by atoms with van der Waals surface area (Å²) in [5.74, 6) is 1.05. The lowest BCUT2D eigenvalue weighted by atomic mass is 9.91. The van der Waals surface area contributed by atoms with E-state index in [0.29, 0.717) is 47.0 Å². The van der Waals surface area contributed by atoms with Crippen molar-refractivity contribution in [1.29, 1.82) is 0 Å². The molecule has 9 nitrogen and oxygen atoms in total. The summed E-state index contributed by atoms with van der Waals surface area (Å²) in [6.45, 7) is 6.09. The molecule has 1 aliphatic carbocycles. The maximum atomic E-state index is 13.2. The van der Waals surface area contributed by atoms with Crippen molar-refractivity contribution in [3.63, 3.8) is 0 Å². The molecule has 200 valence electrons. The van der Waals surface area contributed by atoms with Gasteiger partial charge < -0.3 is 25.3 Å². The molecule has 0 atom stereocenters. The molecule has 1 saturated carbocycles. The highest BCUT2D eigenvalue weighted by atomic mass is 35.5. The minimum Gasteiger partial charge on any atom is -0.352 e. The largest absolute Gasteiger partial charge is 0.352 e. The molecule has 0 unspecified atom stereocenters. The van der Waals surface area contributed by atoms with E-state index in [-0.39, 0.29) is 11.8 Å². The Morgan fingerprint density at radius 1 is 1.24 bits per heavy atom. The van der Waals surface area contributed by atoms with Crippen molar-refractivity contribution in [2.75, 3.05) is 55.9 Å². The first-order valence-corrected chi connectivity index (χ1v) is 13.4. The van der Waals surface area contributed by atoms with Gasteiger partial charge in [-0.15, -0.1) is 0 Å². The number of hydrogen-bond donors (Lipinski definition) is 2. The lowest BCUT2D eigenvalue weighted by molar-refractivity contribution is -0.125. The molecular weight excluding hydrogens is 490 g/mol. The van der Waals surface area contributed by atoms with Crippen LogP contribution in [0.3, 0.4) is 0 Å². The zero-order valence-electron chi connectivity index (χ0n) is 22.5. The van der Waals surface area contributed by atoms with Crippen LogP contribution in [0.25, 0.3) is 0 Å². The quantitative estimate of drug-likeness (QED) is 0.494. The number of anilines is 4. The Labute approximate surface area is 224 Å². The van der Waals surface area contributed by atoms with Crippen LogP contribution in [0.2, 0.25) is 5.02 Å². The lowest BCUT2D eigenvalue weighted by Gasteiger charge is -2.34. The minimum absolute atomic E-state index is 0.0529. The summed E-state index contributed by atoms with van der Waals surface area (Å²) in [6, 6.07) is 5.49. The predicted octanol–water partition coefficient (Wildman–Crippen LogP) is 4.31. The summed E-state index contributed by atoms with van der Waals surface area (Å²) >= 11 is 6.54. The van der Waals surface area contributed by atoms with Gasteiger partial charge in [0, 0.05) is 31.7 Å². The van der Waals surface area contributed by atoms with Crippen LogP contribution in [0.5, 0.6) is 0 Å². The highest BCUT2D eigenvalue weighted by Crippen LogP contribution is 2.40. The fourth-order valence-electron chi connectivity index (χ4n) is 5.10. The Balaban J connectivity index is 1.55. The van der Waals surface area contributed by atoms with Crippen molar-refractivity contribution < 1.29 is 9.59 Å². The van der Waals surface area contributed by atoms with Crippen molar-refractivity contribution in [2.45, 2.75) is 52.0 Å². The average Bonchev–Trinajstić information content (AvgIpc) is 3.38. The summed E-state index contributed by atoms with van der Waals surface area (Å²) in [6.07, 6.45) is 7.12. The number of fused-ring (bicyclic) bond motifs is 1. The summed E-state index contributed by atoms with van der Waals surface area (Å²) in [5, 5.41) is 6.54. The summed E-state index contributed by atoms with van der Waals surface area (Å²) in [7, 11) is 5.80. The van der Waals surface area contributed by atoms with Crippen LogP contribution in [0.15, 0.2) is 24.4 Å². The smallest absolute Gasteiger partial charge is 0.251 e. The molecule has 1 aromatic heterocycles. The van der Waals surface area contributed by atoms with E-state index in [1.54, 1.807) is 36.3 Å². The molecule has 0 spiro atoms. The van der Waals surface area contributed by atoms with Crippen LogP contribution in [0, 0.1) is 5.41 Å². The second-order valence-corrected chi connectivity index (χ2v) is 11.4. The summed E-state index contributed by atoms with van der Waals surface area (Å²) in [5.41, 5.74) is 1.27. The standard InChI is InChI=1S/C27H38ClN7O2/c1-27(2)17-35(19-9-6-7-10-19)23-22(34(5)25(27)37)16-30-26(32-23)31-21-12-11-18(15-20(21)28)24(36)29-13-8-14-33(3)4/h11-12,15-16,19H,6-10,13-14,17H2,1-5H3,(H,29,36)(H,30,31,32). The molecule has 2 N–H and O–H groups in total. The highest BCUT2D eigenvalue weighted by Gasteiger charge is 2.41. The first kappa shape index (κ1) is 27.1. The molecule has 1 aliphatic heterocycles. The summed E-state index contributed by atoms with van der Waals surface area (Å²) in [4.78, 5) is 41.1. The maximum Gasteiger partial charge on any atom is 0.251 e. The average molecular weight is 528 g/mol. The third kappa shape index (κ3) is 6.15. The predicted molar refractivity (Wildman–Crippen MR) is 149 cm³/mol. The molecular formula is C27H38ClN7O2. The molecule has 0 radical (unpaired) electrons. The van der Waals surface area contributed by atoms with Crippen LogP contribution >= 0.6 is 11.6 Å². The third-order valence-corrected chi connectivity index (χ3v) is 7.46. The van der Waals surface area contributed by atoms with Gasteiger partial charge in [-0.25, -0.2) is 4.98 Å². The molecule has 4 rings (SSSR count). The first-order valence-electron chi connectivity index (χ1n) is 13.0. The third-order valence-electron chi connectivity index (χ3n) is 7.14. The van der Waals surface area contributed by atoms with Gasteiger partial charge in [-0.2, -0.15) is 4.98 Å². The number of carbonyl (C=O) groups is 2. The Morgan fingerprint density at radius 2 is 1.97 bits per heavy atom. The Bertz CT molecular complexity index is 1150.